The molecule has 7 heteroatoms. The van der Waals surface area contributed by atoms with Gasteiger partial charge in [0.25, 0.3) is 0 Å². The van der Waals surface area contributed by atoms with E-state index in [0.29, 0.717) is 6.04 Å². The third-order valence-corrected chi connectivity index (χ3v) is 4.76. The van der Waals surface area contributed by atoms with Gasteiger partial charge >= 0.3 is 0 Å². The SMILES string of the molecule is CN(C)c1cc(N(C)C2CCN(Cc3cscn3)C2)ncn1. The highest BCUT2D eigenvalue weighted by atomic mass is 32.1. The van der Waals surface area contributed by atoms with Crippen molar-refractivity contribution >= 4 is 23.0 Å². The molecule has 0 amide bonds. The Morgan fingerprint density at radius 1 is 1.23 bits per heavy atom. The van der Waals surface area contributed by atoms with Gasteiger partial charge in [-0.05, 0) is 6.42 Å². The van der Waals surface area contributed by atoms with Crippen LogP contribution >= 0.6 is 11.3 Å². The van der Waals surface area contributed by atoms with E-state index in [1.54, 1.807) is 17.7 Å². The number of rotatable bonds is 5. The molecule has 0 bridgehead atoms. The molecule has 0 aliphatic carbocycles. The van der Waals surface area contributed by atoms with Crippen LogP contribution in [0.25, 0.3) is 0 Å². The first-order valence-corrected chi connectivity index (χ1v) is 8.39. The first-order valence-electron chi connectivity index (χ1n) is 7.45. The van der Waals surface area contributed by atoms with Crippen LogP contribution < -0.4 is 9.80 Å². The number of nitrogens with zero attached hydrogens (tertiary/aromatic N) is 6. The van der Waals surface area contributed by atoms with Crippen LogP contribution in [0.3, 0.4) is 0 Å². The Bertz CT molecular complexity index is 600. The summed E-state index contributed by atoms with van der Waals surface area (Å²) in [5.41, 5.74) is 3.07. The second-order valence-electron chi connectivity index (χ2n) is 5.90. The summed E-state index contributed by atoms with van der Waals surface area (Å²) in [6.07, 6.45) is 2.80. The highest BCUT2D eigenvalue weighted by molar-refractivity contribution is 7.07. The van der Waals surface area contributed by atoms with Crippen molar-refractivity contribution in [1.82, 2.24) is 19.9 Å². The molecular weight excluding hydrogens is 296 g/mol. The molecule has 118 valence electrons. The molecule has 2 aromatic heterocycles. The van der Waals surface area contributed by atoms with Crippen LogP contribution in [0.1, 0.15) is 12.1 Å². The summed E-state index contributed by atoms with van der Waals surface area (Å²) in [5.74, 6) is 1.92. The number of aromatic nitrogens is 3. The second kappa shape index (κ2) is 6.58. The van der Waals surface area contributed by atoms with Crippen molar-refractivity contribution in [2.24, 2.45) is 0 Å². The van der Waals surface area contributed by atoms with Crippen molar-refractivity contribution in [3.8, 4) is 0 Å². The highest BCUT2D eigenvalue weighted by Gasteiger charge is 2.27. The first-order chi connectivity index (χ1) is 10.6. The van der Waals surface area contributed by atoms with Gasteiger partial charge in [0.1, 0.15) is 18.0 Å². The minimum Gasteiger partial charge on any atom is -0.363 e. The minimum absolute atomic E-state index is 0.489. The Hall–Kier alpha value is -1.73. The van der Waals surface area contributed by atoms with Crippen molar-refractivity contribution < 1.29 is 0 Å². The summed E-state index contributed by atoms with van der Waals surface area (Å²) >= 11 is 1.66. The number of likely N-dealkylation sites (tertiary alicyclic amines) is 1. The third-order valence-electron chi connectivity index (χ3n) is 4.12. The molecule has 1 aliphatic rings. The summed E-state index contributed by atoms with van der Waals surface area (Å²) in [5, 5.41) is 2.13. The molecule has 1 atom stereocenters. The minimum atomic E-state index is 0.489. The van der Waals surface area contributed by atoms with E-state index in [0.717, 1.165) is 37.7 Å². The van der Waals surface area contributed by atoms with Gasteiger partial charge in [-0.25, -0.2) is 15.0 Å². The molecule has 0 aromatic carbocycles. The molecule has 1 saturated heterocycles. The van der Waals surface area contributed by atoms with E-state index < -0.39 is 0 Å². The van der Waals surface area contributed by atoms with Gasteiger partial charge in [0.05, 0.1) is 11.2 Å². The molecule has 1 aliphatic heterocycles. The molecule has 6 nitrogen and oxygen atoms in total. The molecule has 0 spiro atoms. The van der Waals surface area contributed by atoms with E-state index in [1.165, 1.54) is 5.69 Å². The maximum Gasteiger partial charge on any atom is 0.134 e. The molecule has 3 heterocycles. The fourth-order valence-electron chi connectivity index (χ4n) is 2.78. The van der Waals surface area contributed by atoms with Crippen molar-refractivity contribution in [3.05, 3.63) is 29.0 Å². The lowest BCUT2D eigenvalue weighted by molar-refractivity contribution is 0.322. The Kier molecular flexibility index (Phi) is 4.54. The summed E-state index contributed by atoms with van der Waals surface area (Å²) < 4.78 is 0. The number of likely N-dealkylation sites (N-methyl/N-ethyl adjacent to an activating group) is 1. The molecule has 1 unspecified atom stereocenters. The fraction of sp³-hybridized carbons (Fsp3) is 0.533. The van der Waals surface area contributed by atoms with Crippen LogP contribution in [0.15, 0.2) is 23.3 Å². The van der Waals surface area contributed by atoms with Crippen molar-refractivity contribution in [1.29, 1.82) is 0 Å². The Balaban J connectivity index is 1.63. The molecule has 2 aromatic rings. The average molecular weight is 318 g/mol. The van der Waals surface area contributed by atoms with Crippen LogP contribution in [0, 0.1) is 0 Å². The van der Waals surface area contributed by atoms with E-state index in [9.17, 15) is 0 Å². The van der Waals surface area contributed by atoms with Gasteiger partial charge in [-0.3, -0.25) is 4.90 Å². The number of thiazole rings is 1. The third kappa shape index (κ3) is 3.36. The van der Waals surface area contributed by atoms with Gasteiger partial charge in [-0.2, -0.15) is 0 Å². The zero-order valence-electron chi connectivity index (χ0n) is 13.3. The van der Waals surface area contributed by atoms with E-state index >= 15 is 0 Å². The Morgan fingerprint density at radius 2 is 2.05 bits per heavy atom. The molecule has 0 radical (unpaired) electrons. The Morgan fingerprint density at radius 3 is 2.77 bits per heavy atom. The van der Waals surface area contributed by atoms with Gasteiger partial charge in [0.15, 0.2) is 0 Å². The zero-order valence-corrected chi connectivity index (χ0v) is 14.1. The van der Waals surface area contributed by atoms with E-state index in [-0.39, 0.29) is 0 Å². The van der Waals surface area contributed by atoms with Gasteiger partial charge in [-0.15, -0.1) is 11.3 Å². The molecule has 22 heavy (non-hydrogen) atoms. The molecule has 3 rings (SSSR count). The lowest BCUT2D eigenvalue weighted by atomic mass is 10.2. The van der Waals surface area contributed by atoms with Crippen LogP contribution in [0.2, 0.25) is 0 Å². The molecule has 0 saturated carbocycles. The van der Waals surface area contributed by atoms with Crippen LogP contribution in [-0.4, -0.2) is 60.1 Å². The summed E-state index contributed by atoms with van der Waals surface area (Å²) in [7, 11) is 6.12. The summed E-state index contributed by atoms with van der Waals surface area (Å²) in [6, 6.07) is 2.53. The van der Waals surface area contributed by atoms with E-state index in [1.807, 2.05) is 30.6 Å². The zero-order chi connectivity index (χ0) is 15.5. The largest absolute Gasteiger partial charge is 0.363 e. The Labute approximate surface area is 135 Å². The van der Waals surface area contributed by atoms with Crippen LogP contribution in [0.4, 0.5) is 11.6 Å². The van der Waals surface area contributed by atoms with Gasteiger partial charge in [0.2, 0.25) is 0 Å². The number of hydrogen-bond acceptors (Lipinski definition) is 7. The molecule has 0 N–H and O–H groups in total. The van der Waals surface area contributed by atoms with Crippen LogP contribution in [-0.2, 0) is 6.54 Å². The van der Waals surface area contributed by atoms with Crippen LogP contribution in [0.5, 0.6) is 0 Å². The topological polar surface area (TPSA) is 48.4 Å². The van der Waals surface area contributed by atoms with E-state index in [4.69, 9.17) is 0 Å². The predicted molar refractivity (Wildman–Crippen MR) is 90.6 cm³/mol. The maximum absolute atomic E-state index is 4.43. The van der Waals surface area contributed by atoms with Gasteiger partial charge in [-0.1, -0.05) is 0 Å². The quantitative estimate of drug-likeness (QED) is 0.836. The van der Waals surface area contributed by atoms with Gasteiger partial charge in [0, 0.05) is 58.3 Å². The summed E-state index contributed by atoms with van der Waals surface area (Å²) in [4.78, 5) is 19.8. The van der Waals surface area contributed by atoms with Crippen molar-refractivity contribution in [2.45, 2.75) is 19.0 Å². The molecular formula is C15H22N6S. The summed E-state index contributed by atoms with van der Waals surface area (Å²) in [6.45, 7) is 3.11. The highest BCUT2D eigenvalue weighted by Crippen LogP contribution is 2.22. The van der Waals surface area contributed by atoms with Crippen molar-refractivity contribution in [3.63, 3.8) is 0 Å². The number of anilines is 2. The van der Waals surface area contributed by atoms with E-state index in [2.05, 4.69) is 37.2 Å². The average Bonchev–Trinajstić information content (AvgIpc) is 3.19. The standard InChI is InChI=1S/C15H22N6S/c1-19(2)14-6-15(17-10-16-14)20(3)13-4-5-21(8-13)7-12-9-22-11-18-12/h6,9-11,13H,4-5,7-8H2,1-3H3. The lowest BCUT2D eigenvalue weighted by Gasteiger charge is -2.26. The molecule has 1 fully saturated rings. The lowest BCUT2D eigenvalue weighted by Crippen LogP contribution is -2.35. The first kappa shape index (κ1) is 15.2. The smallest absolute Gasteiger partial charge is 0.134 e. The second-order valence-corrected chi connectivity index (χ2v) is 6.62. The number of hydrogen-bond donors (Lipinski definition) is 0. The van der Waals surface area contributed by atoms with Gasteiger partial charge < -0.3 is 9.80 Å². The normalized spacial score (nSPS) is 18.6. The predicted octanol–water partition coefficient (Wildman–Crippen LogP) is 1.71. The maximum atomic E-state index is 4.43. The monoisotopic (exact) mass is 318 g/mol. The van der Waals surface area contributed by atoms with Crippen molar-refractivity contribution in [2.75, 3.05) is 44.0 Å². The fourth-order valence-corrected chi connectivity index (χ4v) is 3.33.